The van der Waals surface area contributed by atoms with Crippen molar-refractivity contribution in [3.05, 3.63) is 35.4 Å². The maximum absolute atomic E-state index is 13.1. The predicted molar refractivity (Wildman–Crippen MR) is 138 cm³/mol. The zero-order valence-electron chi connectivity index (χ0n) is 22.2. The van der Waals surface area contributed by atoms with Gasteiger partial charge < -0.3 is 19.3 Å². The molecule has 2 amide bonds. The van der Waals surface area contributed by atoms with Crippen LogP contribution in [0.15, 0.2) is 24.3 Å². The van der Waals surface area contributed by atoms with Crippen LogP contribution in [-0.2, 0) is 19.1 Å². The highest BCUT2D eigenvalue weighted by atomic mass is 16.6. The lowest BCUT2D eigenvalue weighted by Crippen LogP contribution is -2.51. The van der Waals surface area contributed by atoms with Crippen molar-refractivity contribution in [1.82, 2.24) is 9.80 Å². The molecule has 36 heavy (non-hydrogen) atoms. The van der Waals surface area contributed by atoms with Crippen LogP contribution in [0.1, 0.15) is 76.3 Å². The first-order valence-electron chi connectivity index (χ1n) is 13.3. The Kier molecular flexibility index (Phi) is 9.81. The molecule has 0 spiro atoms. The Hall–Kier alpha value is -3.01. The first-order chi connectivity index (χ1) is 17.3. The number of benzene rings is 1. The third kappa shape index (κ3) is 6.60. The van der Waals surface area contributed by atoms with E-state index in [-0.39, 0.29) is 36.8 Å². The zero-order chi connectivity index (χ0) is 26.1. The summed E-state index contributed by atoms with van der Waals surface area (Å²) in [6.45, 7) is 8.04. The first kappa shape index (κ1) is 27.6. The maximum Gasteiger partial charge on any atom is 0.409 e. The lowest BCUT2D eigenvalue weighted by Gasteiger charge is -2.42. The highest BCUT2D eigenvalue weighted by Crippen LogP contribution is 2.45. The van der Waals surface area contributed by atoms with Crippen LogP contribution in [0.4, 0.5) is 4.79 Å². The molecule has 1 saturated heterocycles. The minimum absolute atomic E-state index is 0.0187. The van der Waals surface area contributed by atoms with Gasteiger partial charge in [0.25, 0.3) is 0 Å². The molecule has 2 aliphatic rings. The molecule has 0 aromatic heterocycles. The monoisotopic (exact) mass is 496 g/mol. The van der Waals surface area contributed by atoms with Gasteiger partial charge in [-0.1, -0.05) is 31.9 Å². The molecular formula is C29H40N2O5. The van der Waals surface area contributed by atoms with E-state index < -0.39 is 11.6 Å². The third-order valence-electron chi connectivity index (χ3n) is 7.22. The van der Waals surface area contributed by atoms with E-state index in [9.17, 15) is 14.4 Å². The number of nitrogens with zero attached hydrogens (tertiary/aromatic N) is 2. The topological polar surface area (TPSA) is 76.2 Å². The number of carbonyl (C=O) groups excluding carboxylic acids is 3. The summed E-state index contributed by atoms with van der Waals surface area (Å²) in [5, 5.41) is 0. The van der Waals surface area contributed by atoms with Crippen molar-refractivity contribution in [1.29, 1.82) is 0 Å². The molecule has 7 heteroatoms. The summed E-state index contributed by atoms with van der Waals surface area (Å²) in [6.07, 6.45) is 4.47. The van der Waals surface area contributed by atoms with Crippen LogP contribution >= 0.6 is 0 Å². The number of methoxy groups -OCH3 is 1. The van der Waals surface area contributed by atoms with Gasteiger partial charge in [0.1, 0.15) is 0 Å². The molecule has 1 aromatic carbocycles. The molecule has 1 heterocycles. The summed E-state index contributed by atoms with van der Waals surface area (Å²) in [6, 6.07) is 7.84. The molecule has 0 bridgehead atoms. The van der Waals surface area contributed by atoms with Crippen LogP contribution in [0, 0.1) is 24.7 Å². The SMILES string of the molecule is CCCN(CCC)C(=O)CCC(=O)OC1(C#Cc2cccc(C)c2)CCCC2C1CCN2C(=O)OC. The third-order valence-corrected chi connectivity index (χ3v) is 7.22. The Bertz CT molecular complexity index is 991. The van der Waals surface area contributed by atoms with E-state index in [1.807, 2.05) is 49.9 Å². The van der Waals surface area contributed by atoms with Gasteiger partial charge in [-0.25, -0.2) is 4.79 Å². The Morgan fingerprint density at radius 2 is 1.89 bits per heavy atom. The van der Waals surface area contributed by atoms with Gasteiger partial charge in [-0.15, -0.1) is 0 Å². The summed E-state index contributed by atoms with van der Waals surface area (Å²) in [4.78, 5) is 41.8. The van der Waals surface area contributed by atoms with Crippen molar-refractivity contribution in [2.24, 2.45) is 5.92 Å². The molecule has 2 fully saturated rings. The predicted octanol–water partition coefficient (Wildman–Crippen LogP) is 4.70. The van der Waals surface area contributed by atoms with Crippen molar-refractivity contribution < 1.29 is 23.9 Å². The summed E-state index contributed by atoms with van der Waals surface area (Å²) in [7, 11) is 1.39. The van der Waals surface area contributed by atoms with Crippen LogP contribution in [0.3, 0.4) is 0 Å². The zero-order valence-corrected chi connectivity index (χ0v) is 22.2. The largest absolute Gasteiger partial charge is 0.453 e. The first-order valence-corrected chi connectivity index (χ1v) is 13.3. The van der Waals surface area contributed by atoms with Gasteiger partial charge in [0.15, 0.2) is 5.60 Å². The van der Waals surface area contributed by atoms with Gasteiger partial charge in [-0.05, 0) is 69.1 Å². The van der Waals surface area contributed by atoms with Crippen LogP contribution in [0.25, 0.3) is 0 Å². The molecule has 1 aliphatic heterocycles. The Morgan fingerprint density at radius 1 is 1.14 bits per heavy atom. The number of rotatable bonds is 8. The van der Waals surface area contributed by atoms with Crippen molar-refractivity contribution in [3.8, 4) is 11.8 Å². The highest BCUT2D eigenvalue weighted by molar-refractivity contribution is 5.81. The quantitative estimate of drug-likeness (QED) is 0.385. The normalized spacial score (nSPS) is 22.7. The summed E-state index contributed by atoms with van der Waals surface area (Å²) < 4.78 is 11.2. The van der Waals surface area contributed by atoms with Crippen molar-refractivity contribution >= 4 is 18.0 Å². The molecule has 3 rings (SSSR count). The minimum Gasteiger partial charge on any atom is -0.453 e. The second-order valence-corrected chi connectivity index (χ2v) is 9.88. The van der Waals surface area contributed by atoms with E-state index in [4.69, 9.17) is 9.47 Å². The number of hydrogen-bond acceptors (Lipinski definition) is 5. The summed E-state index contributed by atoms with van der Waals surface area (Å²) in [5.41, 5.74) is 0.969. The molecule has 1 saturated carbocycles. The molecule has 0 radical (unpaired) electrons. The molecule has 0 N–H and O–H groups in total. The average Bonchev–Trinajstić information content (AvgIpc) is 3.31. The number of esters is 1. The number of amides is 2. The van der Waals surface area contributed by atoms with Crippen molar-refractivity contribution in [2.45, 2.75) is 83.8 Å². The fourth-order valence-electron chi connectivity index (χ4n) is 5.59. The van der Waals surface area contributed by atoms with Crippen LogP contribution < -0.4 is 0 Å². The van der Waals surface area contributed by atoms with Crippen LogP contribution in [0.5, 0.6) is 0 Å². The van der Waals surface area contributed by atoms with Crippen LogP contribution in [-0.4, -0.2) is 66.2 Å². The van der Waals surface area contributed by atoms with Gasteiger partial charge in [0.2, 0.25) is 5.91 Å². The number of fused-ring (bicyclic) bond motifs is 1. The number of aryl methyl sites for hydroxylation is 1. The number of ether oxygens (including phenoxy) is 2. The molecular weight excluding hydrogens is 456 g/mol. The van der Waals surface area contributed by atoms with Crippen molar-refractivity contribution in [3.63, 3.8) is 0 Å². The Labute approximate surface area is 215 Å². The van der Waals surface area contributed by atoms with E-state index in [0.717, 1.165) is 36.8 Å². The highest BCUT2D eigenvalue weighted by Gasteiger charge is 2.53. The fraction of sp³-hybridized carbons (Fsp3) is 0.621. The van der Waals surface area contributed by atoms with Crippen molar-refractivity contribution in [2.75, 3.05) is 26.7 Å². The van der Waals surface area contributed by atoms with Gasteiger partial charge in [0, 0.05) is 43.6 Å². The Morgan fingerprint density at radius 3 is 2.56 bits per heavy atom. The molecule has 3 atom stereocenters. The van der Waals surface area contributed by atoms with E-state index in [1.54, 1.807) is 4.90 Å². The molecule has 1 aliphatic carbocycles. The number of hydrogen-bond donors (Lipinski definition) is 0. The lowest BCUT2D eigenvalue weighted by molar-refractivity contribution is -0.164. The lowest BCUT2D eigenvalue weighted by atomic mass is 9.72. The van der Waals surface area contributed by atoms with Crippen LogP contribution in [0.2, 0.25) is 0 Å². The van der Waals surface area contributed by atoms with E-state index in [1.165, 1.54) is 7.11 Å². The van der Waals surface area contributed by atoms with Gasteiger partial charge in [0.05, 0.1) is 13.5 Å². The standard InChI is InChI=1S/C29H40N2O5/c1-5-18-30(19-6-2)26(32)12-13-27(33)36-29(17-14-23-10-7-9-22(3)21-23)16-8-11-25-24(29)15-20-31(25)28(34)35-4/h7,9-10,21,24-25H,5-6,8,11-13,15-16,18-20H2,1-4H3. The Balaban J connectivity index is 1.82. The second kappa shape index (κ2) is 12.8. The van der Waals surface area contributed by atoms with E-state index in [0.29, 0.717) is 32.5 Å². The van der Waals surface area contributed by atoms with E-state index in [2.05, 4.69) is 11.8 Å². The number of carbonyl (C=O) groups is 3. The smallest absolute Gasteiger partial charge is 0.409 e. The van der Waals surface area contributed by atoms with Gasteiger partial charge in [-0.2, -0.15) is 0 Å². The second-order valence-electron chi connectivity index (χ2n) is 9.88. The van der Waals surface area contributed by atoms with Gasteiger partial charge >= 0.3 is 12.1 Å². The fourth-order valence-corrected chi connectivity index (χ4v) is 5.59. The minimum atomic E-state index is -0.998. The molecule has 1 aromatic rings. The molecule has 196 valence electrons. The number of likely N-dealkylation sites (tertiary alicyclic amines) is 1. The van der Waals surface area contributed by atoms with E-state index >= 15 is 0 Å². The summed E-state index contributed by atoms with van der Waals surface area (Å²) in [5.74, 6) is 6.07. The summed E-state index contributed by atoms with van der Waals surface area (Å²) >= 11 is 0. The van der Waals surface area contributed by atoms with Gasteiger partial charge in [-0.3, -0.25) is 9.59 Å². The molecule has 7 nitrogen and oxygen atoms in total. The molecule has 3 unspecified atom stereocenters. The maximum atomic E-state index is 13.1. The average molecular weight is 497 g/mol.